The van der Waals surface area contributed by atoms with E-state index in [1.165, 1.54) is 24.3 Å². The number of hydrogen-bond acceptors (Lipinski definition) is 6. The van der Waals surface area contributed by atoms with Crippen LogP contribution in [-0.4, -0.2) is 30.0 Å². The van der Waals surface area contributed by atoms with Crippen LogP contribution in [0.2, 0.25) is 10.0 Å². The molecule has 1 heterocycles. The number of ether oxygens (including phenoxy) is 1. The van der Waals surface area contributed by atoms with Crippen molar-refractivity contribution < 1.29 is 27.9 Å². The highest BCUT2D eigenvalue weighted by molar-refractivity contribution is 6.35. The second kappa shape index (κ2) is 11.4. The van der Waals surface area contributed by atoms with Crippen LogP contribution in [0.5, 0.6) is 5.75 Å². The molecule has 0 spiro atoms. The minimum atomic E-state index is -0.813. The van der Waals surface area contributed by atoms with Gasteiger partial charge in [0, 0.05) is 22.6 Å². The van der Waals surface area contributed by atoms with Gasteiger partial charge in [-0.3, -0.25) is 25.2 Å². The summed E-state index contributed by atoms with van der Waals surface area (Å²) in [6, 6.07) is 10.0. The number of hydrazine groups is 1. The maximum atomic E-state index is 13.8. The van der Waals surface area contributed by atoms with E-state index in [0.717, 1.165) is 6.07 Å². The second-order valence-electron chi connectivity index (χ2n) is 8.05. The largest absolute Gasteiger partial charge is 0.482 e. The summed E-state index contributed by atoms with van der Waals surface area (Å²) in [6.45, 7) is 1.34. The van der Waals surface area contributed by atoms with Gasteiger partial charge in [-0.25, -0.2) is 9.82 Å². The van der Waals surface area contributed by atoms with Gasteiger partial charge in [0.05, 0.1) is 16.3 Å². The van der Waals surface area contributed by atoms with Crippen molar-refractivity contribution in [1.29, 1.82) is 0 Å². The fourth-order valence-electron chi connectivity index (χ4n) is 3.78. The number of carbonyl (C=O) groups is 3. The molecule has 3 amide bonds. The number of rotatable bonds is 6. The molecule has 0 saturated heterocycles. The molecule has 1 aliphatic rings. The van der Waals surface area contributed by atoms with Crippen molar-refractivity contribution in [2.45, 2.75) is 26.2 Å². The average molecular weight is 547 g/mol. The van der Waals surface area contributed by atoms with Crippen LogP contribution in [0.25, 0.3) is 0 Å². The quantitative estimate of drug-likeness (QED) is 0.397. The number of nitrogens with one attached hydrogen (secondary N) is 3. The third kappa shape index (κ3) is 6.10. The number of aryl methyl sites for hydroxylation is 1. The Balaban J connectivity index is 1.40. The highest BCUT2D eigenvalue weighted by Crippen LogP contribution is 2.30. The SMILES string of the molecule is Cc1c(C(=O)NNC(=O)c2ccccc2F)oc2c1/C(=N/NC(=O)COc1ccc(Cl)cc1Cl)CCC2. The van der Waals surface area contributed by atoms with Crippen LogP contribution in [0.4, 0.5) is 4.39 Å². The van der Waals surface area contributed by atoms with Crippen molar-refractivity contribution in [3.05, 3.63) is 86.5 Å². The standard InChI is InChI=1S/C25H21Cl2FN4O5/c1-13-22-18(29-30-21(33)12-36-19-10-9-14(26)11-16(19)27)7-4-8-20(22)37-23(13)25(35)32-31-24(34)15-5-2-3-6-17(15)28/h2-3,5-6,9-11H,4,7-8,12H2,1H3,(H,30,33)(H,31,34)(H,32,35)/b29-18+. The van der Waals surface area contributed by atoms with Crippen LogP contribution >= 0.6 is 23.2 Å². The van der Waals surface area contributed by atoms with E-state index < -0.39 is 23.5 Å². The molecule has 0 fully saturated rings. The molecule has 3 aromatic rings. The van der Waals surface area contributed by atoms with Gasteiger partial charge in [-0.1, -0.05) is 35.3 Å². The van der Waals surface area contributed by atoms with Crippen LogP contribution in [0.3, 0.4) is 0 Å². The average Bonchev–Trinajstić information content (AvgIpc) is 3.22. The van der Waals surface area contributed by atoms with E-state index in [2.05, 4.69) is 21.4 Å². The number of halogens is 3. The summed E-state index contributed by atoms with van der Waals surface area (Å²) in [7, 11) is 0. The number of benzene rings is 2. The van der Waals surface area contributed by atoms with Crippen LogP contribution in [0, 0.1) is 12.7 Å². The van der Waals surface area contributed by atoms with E-state index in [4.69, 9.17) is 32.4 Å². The summed E-state index contributed by atoms with van der Waals surface area (Å²) in [5, 5.41) is 4.92. The first-order chi connectivity index (χ1) is 17.7. The van der Waals surface area contributed by atoms with Crippen LogP contribution in [-0.2, 0) is 11.2 Å². The predicted octanol–water partition coefficient (Wildman–Crippen LogP) is 4.34. The van der Waals surface area contributed by atoms with Gasteiger partial charge >= 0.3 is 5.91 Å². The molecule has 0 unspecified atom stereocenters. The lowest BCUT2D eigenvalue weighted by Gasteiger charge is -2.13. The normalized spacial score (nSPS) is 13.6. The fourth-order valence-corrected chi connectivity index (χ4v) is 4.24. The highest BCUT2D eigenvalue weighted by atomic mass is 35.5. The molecule has 12 heteroatoms. The number of carbonyl (C=O) groups excluding carboxylic acids is 3. The van der Waals surface area contributed by atoms with Crippen molar-refractivity contribution >= 4 is 46.6 Å². The second-order valence-corrected chi connectivity index (χ2v) is 8.90. The number of furan rings is 1. The molecule has 3 N–H and O–H groups in total. The zero-order valence-corrected chi connectivity index (χ0v) is 21.0. The number of nitrogens with zero attached hydrogens (tertiary/aromatic N) is 1. The third-order valence-electron chi connectivity index (χ3n) is 5.51. The topological polar surface area (TPSA) is 122 Å². The molecule has 0 saturated carbocycles. The minimum Gasteiger partial charge on any atom is -0.482 e. The zero-order chi connectivity index (χ0) is 26.5. The Labute approximate surface area is 220 Å². The van der Waals surface area contributed by atoms with Crippen molar-refractivity contribution in [2.75, 3.05) is 6.61 Å². The first-order valence-electron chi connectivity index (χ1n) is 11.2. The van der Waals surface area contributed by atoms with E-state index in [1.54, 1.807) is 19.1 Å². The number of amides is 3. The van der Waals surface area contributed by atoms with Gasteiger partial charge in [-0.05, 0) is 50.1 Å². The molecule has 0 bridgehead atoms. The lowest BCUT2D eigenvalue weighted by atomic mass is 9.93. The van der Waals surface area contributed by atoms with E-state index in [1.807, 2.05) is 0 Å². The molecular weight excluding hydrogens is 526 g/mol. The summed E-state index contributed by atoms with van der Waals surface area (Å²) >= 11 is 11.9. The van der Waals surface area contributed by atoms with Crippen LogP contribution in [0.1, 0.15) is 50.6 Å². The van der Waals surface area contributed by atoms with E-state index in [0.29, 0.717) is 52.6 Å². The maximum absolute atomic E-state index is 13.8. The Bertz CT molecular complexity index is 1410. The van der Waals surface area contributed by atoms with Crippen LogP contribution in [0.15, 0.2) is 52.0 Å². The van der Waals surface area contributed by atoms with Gasteiger partial charge in [-0.2, -0.15) is 5.10 Å². The first-order valence-corrected chi connectivity index (χ1v) is 11.9. The van der Waals surface area contributed by atoms with E-state index >= 15 is 0 Å². The summed E-state index contributed by atoms with van der Waals surface area (Å²) < 4.78 is 24.9. The zero-order valence-electron chi connectivity index (χ0n) is 19.5. The first kappa shape index (κ1) is 26.2. The lowest BCUT2D eigenvalue weighted by molar-refractivity contribution is -0.123. The van der Waals surface area contributed by atoms with Crippen molar-refractivity contribution in [3.63, 3.8) is 0 Å². The Hall–Kier alpha value is -3.89. The molecule has 0 aliphatic heterocycles. The lowest BCUT2D eigenvalue weighted by Crippen LogP contribution is -2.42. The molecule has 1 aliphatic carbocycles. The van der Waals surface area contributed by atoms with Gasteiger partial charge in [0.15, 0.2) is 12.4 Å². The molecule has 0 radical (unpaired) electrons. The number of hydrogen-bond donors (Lipinski definition) is 3. The van der Waals surface area contributed by atoms with Gasteiger partial charge in [0.2, 0.25) is 0 Å². The van der Waals surface area contributed by atoms with Crippen LogP contribution < -0.4 is 21.0 Å². The third-order valence-corrected chi connectivity index (χ3v) is 6.04. The summed E-state index contributed by atoms with van der Waals surface area (Å²) in [6.07, 6.45) is 1.80. The Morgan fingerprint density at radius 1 is 1.08 bits per heavy atom. The van der Waals surface area contributed by atoms with Crippen molar-refractivity contribution in [1.82, 2.24) is 16.3 Å². The number of hydrazone groups is 1. The fraction of sp³-hybridized carbons (Fsp3) is 0.200. The summed E-state index contributed by atoms with van der Waals surface area (Å²) in [4.78, 5) is 37.1. The maximum Gasteiger partial charge on any atom is 0.305 e. The molecule has 37 heavy (non-hydrogen) atoms. The van der Waals surface area contributed by atoms with E-state index in [9.17, 15) is 18.8 Å². The monoisotopic (exact) mass is 546 g/mol. The predicted molar refractivity (Wildman–Crippen MR) is 134 cm³/mol. The molecule has 0 atom stereocenters. The molecule has 4 rings (SSSR count). The summed E-state index contributed by atoms with van der Waals surface area (Å²) in [5.74, 6) is -1.95. The van der Waals surface area contributed by atoms with Gasteiger partial charge in [0.25, 0.3) is 11.8 Å². The smallest absolute Gasteiger partial charge is 0.305 e. The van der Waals surface area contributed by atoms with E-state index in [-0.39, 0.29) is 23.0 Å². The Morgan fingerprint density at radius 3 is 2.59 bits per heavy atom. The van der Waals surface area contributed by atoms with Gasteiger partial charge in [0.1, 0.15) is 17.3 Å². The number of fused-ring (bicyclic) bond motifs is 1. The van der Waals surface area contributed by atoms with Crippen molar-refractivity contribution in [3.8, 4) is 5.75 Å². The molecule has 1 aromatic heterocycles. The highest BCUT2D eigenvalue weighted by Gasteiger charge is 2.28. The molecule has 192 valence electrons. The Morgan fingerprint density at radius 2 is 1.84 bits per heavy atom. The molecular formula is C25H21Cl2FN4O5. The Kier molecular flexibility index (Phi) is 8.10. The molecule has 2 aromatic carbocycles. The van der Waals surface area contributed by atoms with Gasteiger partial charge in [-0.15, -0.1) is 0 Å². The summed E-state index contributed by atoms with van der Waals surface area (Å²) in [5.41, 5.74) is 8.27. The molecule has 9 nitrogen and oxygen atoms in total. The minimum absolute atomic E-state index is 0.0273. The van der Waals surface area contributed by atoms with Gasteiger partial charge < -0.3 is 9.15 Å². The van der Waals surface area contributed by atoms with Crippen molar-refractivity contribution in [2.24, 2.45) is 5.10 Å².